The third-order valence-corrected chi connectivity index (χ3v) is 10.2. The molecule has 2 aromatic rings. The Hall–Kier alpha value is 1.43. The maximum absolute atomic E-state index is 12.6. The van der Waals surface area contributed by atoms with Crippen LogP contribution in [0.25, 0.3) is 0 Å². The molecule has 0 saturated heterocycles. The minimum atomic E-state index is -4.47. The van der Waals surface area contributed by atoms with Crippen LogP contribution in [0.5, 0.6) is 11.5 Å². The van der Waals surface area contributed by atoms with E-state index >= 15 is 0 Å². The van der Waals surface area contributed by atoms with Crippen molar-refractivity contribution in [2.24, 2.45) is 0 Å². The first-order valence-corrected chi connectivity index (χ1v) is 19.7. The predicted molar refractivity (Wildman–Crippen MR) is 206 cm³/mol. The van der Waals surface area contributed by atoms with Gasteiger partial charge >= 0.3 is 19.8 Å². The molecule has 2 rings (SSSR count). The van der Waals surface area contributed by atoms with Gasteiger partial charge in [0.2, 0.25) is 0 Å². The molecule has 0 aliphatic rings. The van der Waals surface area contributed by atoms with Gasteiger partial charge < -0.3 is 28.3 Å². The molecular weight excluding hydrogens is 1250 g/mol. The standard InChI is InChI=1S/C24H26I6NO10P/c1-31(2,3)4-5-39-42(34,35)40-11-16(41-22(33)13-38-24-19(29)8-15(26)9-20(24)30)10-36-21(32)12-37-23-17(27)6-14(25)7-18(23)28/h6-9,16H,4-5,10-13H2,1-3H3/p+1/t16-/m1/s1. The van der Waals surface area contributed by atoms with Crippen LogP contribution < -0.4 is 9.47 Å². The average Bonchev–Trinajstić information content (AvgIpc) is 2.83. The first-order chi connectivity index (χ1) is 19.5. The van der Waals surface area contributed by atoms with E-state index in [1.165, 1.54) is 0 Å². The number of hydrogen-bond donors (Lipinski definition) is 1. The Morgan fingerprint density at radius 2 is 1.24 bits per heavy atom. The Morgan fingerprint density at radius 3 is 1.69 bits per heavy atom. The van der Waals surface area contributed by atoms with E-state index in [9.17, 15) is 19.0 Å². The molecule has 42 heavy (non-hydrogen) atoms. The highest BCUT2D eigenvalue weighted by atomic mass is 127. The fraction of sp³-hybridized carbons (Fsp3) is 0.417. The highest BCUT2D eigenvalue weighted by Crippen LogP contribution is 2.43. The smallest absolute Gasteiger partial charge is 0.472 e. The summed E-state index contributed by atoms with van der Waals surface area (Å²) in [6.07, 6.45) is -1.22. The zero-order chi connectivity index (χ0) is 31.7. The summed E-state index contributed by atoms with van der Waals surface area (Å²) in [7, 11) is 1.24. The molecule has 0 saturated carbocycles. The topological polar surface area (TPSA) is 127 Å². The molecule has 0 bridgehead atoms. The summed E-state index contributed by atoms with van der Waals surface area (Å²) in [6, 6.07) is 7.62. The van der Waals surface area contributed by atoms with E-state index in [0.29, 0.717) is 22.5 Å². The van der Waals surface area contributed by atoms with E-state index in [2.05, 4.69) is 136 Å². The number of phosphoric acid groups is 1. The van der Waals surface area contributed by atoms with Gasteiger partial charge in [0, 0.05) is 7.14 Å². The molecule has 0 aliphatic heterocycles. The van der Waals surface area contributed by atoms with Crippen LogP contribution in [0.15, 0.2) is 24.3 Å². The molecule has 18 heteroatoms. The molecule has 11 nitrogen and oxygen atoms in total. The van der Waals surface area contributed by atoms with Crippen LogP contribution in [0.2, 0.25) is 0 Å². The highest BCUT2D eigenvalue weighted by molar-refractivity contribution is 14.1. The number of hydrogen-bond acceptors (Lipinski definition) is 9. The first-order valence-electron chi connectivity index (χ1n) is 11.8. The van der Waals surface area contributed by atoms with Crippen molar-refractivity contribution in [3.05, 3.63) is 45.7 Å². The van der Waals surface area contributed by atoms with Gasteiger partial charge in [-0.25, -0.2) is 14.2 Å². The normalized spacial score (nSPS) is 13.7. The molecule has 0 fully saturated rings. The second-order valence-electron chi connectivity index (χ2n) is 9.38. The SMILES string of the molecule is C[N+](C)(C)CCOP(=O)(O)OC[C@@H](COC(=O)COc1c(I)cc(I)cc1I)OC(=O)COc1c(I)cc(I)cc1I. The number of nitrogens with zero attached hydrogens (tertiary/aromatic N) is 1. The van der Waals surface area contributed by atoms with Crippen LogP contribution in [-0.4, -0.2) is 88.1 Å². The zero-order valence-electron chi connectivity index (χ0n) is 22.4. The van der Waals surface area contributed by atoms with Crippen molar-refractivity contribution < 1.29 is 51.5 Å². The largest absolute Gasteiger partial charge is 0.480 e. The van der Waals surface area contributed by atoms with Gasteiger partial charge in [0.1, 0.15) is 31.3 Å². The average molecular weight is 1280 g/mol. The second-order valence-corrected chi connectivity index (χ2v) is 18.0. The van der Waals surface area contributed by atoms with Crippen molar-refractivity contribution in [3.63, 3.8) is 0 Å². The van der Waals surface area contributed by atoms with Gasteiger partial charge in [0.15, 0.2) is 19.3 Å². The van der Waals surface area contributed by atoms with Crippen molar-refractivity contribution in [1.29, 1.82) is 0 Å². The Morgan fingerprint density at radius 1 is 0.786 bits per heavy atom. The Bertz CT molecular complexity index is 1260. The summed E-state index contributed by atoms with van der Waals surface area (Å²) >= 11 is 12.8. The van der Waals surface area contributed by atoms with Gasteiger partial charge in [0.25, 0.3) is 0 Å². The van der Waals surface area contributed by atoms with Crippen LogP contribution in [0.3, 0.4) is 0 Å². The van der Waals surface area contributed by atoms with Crippen molar-refractivity contribution in [2.45, 2.75) is 6.10 Å². The maximum atomic E-state index is 12.6. The quantitative estimate of drug-likeness (QED) is 0.0918. The van der Waals surface area contributed by atoms with Crippen molar-refractivity contribution in [1.82, 2.24) is 0 Å². The third-order valence-electron chi connectivity index (χ3n) is 4.76. The lowest BCUT2D eigenvalue weighted by Gasteiger charge is -2.24. The summed E-state index contributed by atoms with van der Waals surface area (Å²) < 4.78 is 50.3. The summed E-state index contributed by atoms with van der Waals surface area (Å²) in [4.78, 5) is 35.2. The zero-order valence-corrected chi connectivity index (χ0v) is 36.3. The molecule has 0 aromatic heterocycles. The number of esters is 2. The number of carbonyl (C=O) groups is 2. The fourth-order valence-electron chi connectivity index (χ4n) is 2.80. The van der Waals surface area contributed by atoms with Crippen LogP contribution >= 0.6 is 143 Å². The lowest BCUT2D eigenvalue weighted by Crippen LogP contribution is -2.37. The van der Waals surface area contributed by atoms with Gasteiger partial charge in [0.05, 0.1) is 42.0 Å². The van der Waals surface area contributed by atoms with Crippen molar-refractivity contribution in [3.8, 4) is 11.5 Å². The molecule has 2 aromatic carbocycles. The molecule has 1 N–H and O–H groups in total. The van der Waals surface area contributed by atoms with Gasteiger partial charge in [-0.3, -0.25) is 9.05 Å². The Kier molecular flexibility index (Phi) is 17.6. The van der Waals surface area contributed by atoms with Gasteiger partial charge in [-0.1, -0.05) is 0 Å². The van der Waals surface area contributed by atoms with Crippen LogP contribution in [0.1, 0.15) is 0 Å². The number of likely N-dealkylation sites (N-methyl/N-ethyl adjacent to an activating group) is 1. The first kappa shape index (κ1) is 39.6. The molecule has 0 aliphatic carbocycles. The van der Waals surface area contributed by atoms with E-state index in [-0.39, 0.29) is 6.61 Å². The van der Waals surface area contributed by atoms with Crippen LogP contribution in [0.4, 0.5) is 0 Å². The van der Waals surface area contributed by atoms with Gasteiger partial charge in [-0.2, -0.15) is 0 Å². The van der Waals surface area contributed by atoms with Gasteiger partial charge in [-0.15, -0.1) is 0 Å². The van der Waals surface area contributed by atoms with E-state index in [1.807, 2.05) is 45.4 Å². The molecular formula is C24H27I6NO10P+. The number of halogens is 6. The number of phosphoric ester groups is 1. The molecule has 0 spiro atoms. The number of benzene rings is 2. The maximum Gasteiger partial charge on any atom is 0.472 e. The molecule has 234 valence electrons. The number of rotatable bonds is 16. The Balaban J connectivity index is 2.01. The van der Waals surface area contributed by atoms with Crippen LogP contribution in [-0.2, 0) is 32.7 Å². The minimum absolute atomic E-state index is 0.0364. The van der Waals surface area contributed by atoms with Crippen molar-refractivity contribution in [2.75, 3.05) is 60.7 Å². The molecule has 2 atom stereocenters. The molecule has 1 unspecified atom stereocenters. The number of carbonyl (C=O) groups excluding carboxylic acids is 2. The lowest BCUT2D eigenvalue weighted by molar-refractivity contribution is -0.870. The lowest BCUT2D eigenvalue weighted by atomic mass is 10.3. The molecule has 0 amide bonds. The Labute approximate surface area is 326 Å². The van der Waals surface area contributed by atoms with Crippen molar-refractivity contribution >= 4 is 155 Å². The predicted octanol–water partition coefficient (Wildman–Crippen LogP) is 6.07. The van der Waals surface area contributed by atoms with E-state index in [4.69, 9.17) is 28.0 Å². The molecule has 0 radical (unpaired) electrons. The number of ether oxygens (including phenoxy) is 4. The summed E-state index contributed by atoms with van der Waals surface area (Å²) in [6.45, 7) is -1.44. The fourth-order valence-corrected chi connectivity index (χ4v) is 11.3. The van der Waals surface area contributed by atoms with E-state index in [1.54, 1.807) is 0 Å². The minimum Gasteiger partial charge on any atom is -0.480 e. The van der Waals surface area contributed by atoms with Crippen LogP contribution in [0, 0.1) is 21.4 Å². The van der Waals surface area contributed by atoms with Gasteiger partial charge in [-0.05, 0) is 160 Å². The molecule has 0 heterocycles. The monoisotopic (exact) mass is 1280 g/mol. The summed E-state index contributed by atoms with van der Waals surface area (Å²) in [5.41, 5.74) is 0. The summed E-state index contributed by atoms with van der Waals surface area (Å²) in [5.74, 6) is -0.450. The summed E-state index contributed by atoms with van der Waals surface area (Å²) in [5, 5.41) is 0. The number of quaternary nitrogens is 1. The van der Waals surface area contributed by atoms with E-state index in [0.717, 1.165) is 21.4 Å². The highest BCUT2D eigenvalue weighted by Gasteiger charge is 2.27. The second kappa shape index (κ2) is 18.7. The third kappa shape index (κ3) is 15.3. The van der Waals surface area contributed by atoms with E-state index < -0.39 is 52.3 Å².